The zero-order chi connectivity index (χ0) is 23.7. The smallest absolute Gasteiger partial charge is 0.256 e. The van der Waals surface area contributed by atoms with Crippen molar-refractivity contribution < 1.29 is 9.21 Å². The first-order chi connectivity index (χ1) is 16.5. The molecule has 1 aliphatic heterocycles. The lowest BCUT2D eigenvalue weighted by molar-refractivity contribution is 0.102. The first kappa shape index (κ1) is 22.7. The number of fused-ring (bicyclic) bond motifs is 1. The molecule has 1 saturated heterocycles. The molecule has 0 spiro atoms. The average Bonchev–Trinajstić information content (AvgIpc) is 3.51. The first-order valence-electron chi connectivity index (χ1n) is 11.6. The Morgan fingerprint density at radius 3 is 2.76 bits per heavy atom. The number of carbonyl (C=O) groups is 1. The van der Waals surface area contributed by atoms with Gasteiger partial charge in [0.05, 0.1) is 23.4 Å². The summed E-state index contributed by atoms with van der Waals surface area (Å²) in [6.07, 6.45) is 3.33. The normalized spacial score (nSPS) is 14.7. The van der Waals surface area contributed by atoms with E-state index >= 15 is 0 Å². The van der Waals surface area contributed by atoms with Crippen LogP contribution in [0.3, 0.4) is 0 Å². The van der Waals surface area contributed by atoms with Crippen molar-refractivity contribution in [2.24, 2.45) is 0 Å². The Morgan fingerprint density at radius 1 is 1.21 bits per heavy atom. The highest BCUT2D eigenvalue weighted by Gasteiger charge is 2.20. The molecule has 176 valence electrons. The van der Waals surface area contributed by atoms with Crippen molar-refractivity contribution in [3.05, 3.63) is 65.5 Å². The van der Waals surface area contributed by atoms with Crippen molar-refractivity contribution in [2.75, 3.05) is 29.9 Å². The van der Waals surface area contributed by atoms with Gasteiger partial charge in [-0.25, -0.2) is 9.67 Å². The van der Waals surface area contributed by atoms with E-state index in [0.717, 1.165) is 36.3 Å². The van der Waals surface area contributed by atoms with E-state index in [1.165, 1.54) is 17.1 Å². The van der Waals surface area contributed by atoms with Crippen molar-refractivity contribution in [3.8, 4) is 11.5 Å². The molecule has 0 radical (unpaired) electrons. The molecule has 7 nitrogen and oxygen atoms in total. The van der Waals surface area contributed by atoms with E-state index in [1.807, 2.05) is 49.3 Å². The van der Waals surface area contributed by atoms with Gasteiger partial charge >= 0.3 is 0 Å². The van der Waals surface area contributed by atoms with Gasteiger partial charge in [-0.1, -0.05) is 12.1 Å². The van der Waals surface area contributed by atoms with Gasteiger partial charge in [0.2, 0.25) is 0 Å². The number of hydrogen-bond donors (Lipinski definition) is 1. The zero-order valence-corrected chi connectivity index (χ0v) is 20.6. The number of aryl methyl sites for hydroxylation is 1. The lowest BCUT2D eigenvalue weighted by Crippen LogP contribution is -2.32. The van der Waals surface area contributed by atoms with Crippen LogP contribution in [-0.4, -0.2) is 50.2 Å². The Bertz CT molecular complexity index is 1310. The average molecular weight is 476 g/mol. The number of pyridine rings is 1. The molecule has 0 atom stereocenters. The molecule has 4 heterocycles. The molecule has 0 saturated carbocycles. The fraction of sp³-hybridized carbons (Fsp3) is 0.346. The van der Waals surface area contributed by atoms with Gasteiger partial charge in [-0.05, 0) is 56.2 Å². The number of furan rings is 1. The molecule has 1 aliphatic rings. The van der Waals surface area contributed by atoms with Crippen molar-refractivity contribution in [1.29, 1.82) is 0 Å². The minimum Gasteiger partial charge on any atom is -0.463 e. The second-order valence-corrected chi connectivity index (χ2v) is 10.2. The van der Waals surface area contributed by atoms with Gasteiger partial charge in [-0.3, -0.25) is 9.69 Å². The number of nitrogens with one attached hydrogen (secondary N) is 1. The monoisotopic (exact) mass is 475 g/mol. The molecule has 0 aliphatic carbocycles. The topological polar surface area (TPSA) is 76.2 Å². The lowest BCUT2D eigenvalue weighted by Gasteiger charge is -2.26. The number of rotatable bonds is 6. The predicted molar refractivity (Wildman–Crippen MR) is 137 cm³/mol. The summed E-state index contributed by atoms with van der Waals surface area (Å²) in [5, 5.41) is 8.37. The fourth-order valence-corrected chi connectivity index (χ4v) is 5.22. The number of amides is 1. The third-order valence-corrected chi connectivity index (χ3v) is 7.08. The van der Waals surface area contributed by atoms with Gasteiger partial charge in [0.25, 0.3) is 5.91 Å². The van der Waals surface area contributed by atoms with E-state index in [2.05, 4.69) is 33.5 Å². The minimum atomic E-state index is -0.182. The quantitative estimate of drug-likeness (QED) is 0.403. The molecule has 5 rings (SSSR count). The van der Waals surface area contributed by atoms with Crippen molar-refractivity contribution >= 4 is 34.4 Å². The molecule has 1 N–H and O–H groups in total. The van der Waals surface area contributed by atoms with Crippen LogP contribution in [0.4, 0.5) is 5.69 Å². The number of nitrogens with zero attached hydrogens (tertiary/aromatic N) is 4. The molecule has 3 aromatic heterocycles. The number of aromatic nitrogens is 3. The van der Waals surface area contributed by atoms with Crippen LogP contribution in [0.1, 0.15) is 41.4 Å². The Kier molecular flexibility index (Phi) is 6.43. The third-order valence-electron chi connectivity index (χ3n) is 6.13. The highest BCUT2D eigenvalue weighted by Crippen LogP contribution is 2.28. The van der Waals surface area contributed by atoms with Crippen LogP contribution in [-0.2, 0) is 6.54 Å². The number of thioether (sulfide) groups is 1. The summed E-state index contributed by atoms with van der Waals surface area (Å²) in [6, 6.07) is 11.9. The number of benzene rings is 1. The summed E-state index contributed by atoms with van der Waals surface area (Å²) in [5.74, 6) is 2.79. The van der Waals surface area contributed by atoms with Crippen molar-refractivity contribution in [1.82, 2.24) is 19.7 Å². The van der Waals surface area contributed by atoms with Gasteiger partial charge in [0.1, 0.15) is 5.69 Å². The molecule has 0 bridgehead atoms. The molecule has 0 unspecified atom stereocenters. The van der Waals surface area contributed by atoms with Gasteiger partial charge in [-0.15, -0.1) is 0 Å². The van der Waals surface area contributed by atoms with Crippen LogP contribution in [0.15, 0.2) is 53.3 Å². The second-order valence-electron chi connectivity index (χ2n) is 8.94. The van der Waals surface area contributed by atoms with E-state index in [-0.39, 0.29) is 11.9 Å². The van der Waals surface area contributed by atoms with Crippen LogP contribution in [0.25, 0.3) is 22.5 Å². The van der Waals surface area contributed by atoms with E-state index in [4.69, 9.17) is 9.40 Å². The summed E-state index contributed by atoms with van der Waals surface area (Å²) < 4.78 is 7.41. The fourth-order valence-electron chi connectivity index (χ4n) is 4.24. The highest BCUT2D eigenvalue weighted by atomic mass is 32.2. The standard InChI is InChI=1S/C26H29N5O2S/c1-17(2)31-25-21(15-27-31)20(14-23(28-25)24-5-4-10-33-24)26(32)29-22-13-19(7-6-18(22)3)16-30-8-11-34-12-9-30/h4-7,10,13-15,17H,8-9,11-12,16H2,1-3H3,(H,29,32). The Hall–Kier alpha value is -3.10. The minimum absolute atomic E-state index is 0.111. The molecule has 8 heteroatoms. The molecule has 4 aromatic rings. The molecule has 34 heavy (non-hydrogen) atoms. The van der Waals surface area contributed by atoms with Gasteiger partial charge in [0.15, 0.2) is 11.4 Å². The maximum absolute atomic E-state index is 13.6. The molecule has 1 amide bonds. The highest BCUT2D eigenvalue weighted by molar-refractivity contribution is 7.99. The van der Waals surface area contributed by atoms with Crippen molar-refractivity contribution in [2.45, 2.75) is 33.4 Å². The summed E-state index contributed by atoms with van der Waals surface area (Å²) in [5.41, 5.74) is 4.87. The number of hydrogen-bond acceptors (Lipinski definition) is 6. The second kappa shape index (κ2) is 9.64. The van der Waals surface area contributed by atoms with E-state index < -0.39 is 0 Å². The first-order valence-corrected chi connectivity index (χ1v) is 12.8. The third kappa shape index (κ3) is 4.60. The number of anilines is 1. The zero-order valence-electron chi connectivity index (χ0n) is 19.7. The predicted octanol–water partition coefficient (Wildman–Crippen LogP) is 5.38. The Labute approximate surface area is 203 Å². The summed E-state index contributed by atoms with van der Waals surface area (Å²) in [6.45, 7) is 9.21. The molecule has 1 aromatic carbocycles. The molecular formula is C26H29N5O2S. The van der Waals surface area contributed by atoms with E-state index in [1.54, 1.807) is 18.5 Å². The SMILES string of the molecule is Cc1ccc(CN2CCSCC2)cc1NC(=O)c1cc(-c2ccco2)nc2c1cnn2C(C)C. The van der Waals surface area contributed by atoms with Crippen LogP contribution in [0, 0.1) is 6.92 Å². The summed E-state index contributed by atoms with van der Waals surface area (Å²) in [7, 11) is 0. The van der Waals surface area contributed by atoms with Gasteiger partial charge in [0, 0.05) is 42.9 Å². The Morgan fingerprint density at radius 2 is 2.03 bits per heavy atom. The van der Waals surface area contributed by atoms with Crippen molar-refractivity contribution in [3.63, 3.8) is 0 Å². The van der Waals surface area contributed by atoms with E-state index in [9.17, 15) is 4.79 Å². The van der Waals surface area contributed by atoms with Gasteiger partial charge in [-0.2, -0.15) is 16.9 Å². The number of carbonyl (C=O) groups excluding carboxylic acids is 1. The van der Waals surface area contributed by atoms with Crippen LogP contribution in [0.5, 0.6) is 0 Å². The molecular weight excluding hydrogens is 446 g/mol. The van der Waals surface area contributed by atoms with Crippen LogP contribution in [0.2, 0.25) is 0 Å². The maximum Gasteiger partial charge on any atom is 0.256 e. The molecule has 1 fully saturated rings. The maximum atomic E-state index is 13.6. The lowest BCUT2D eigenvalue weighted by atomic mass is 10.1. The summed E-state index contributed by atoms with van der Waals surface area (Å²) in [4.78, 5) is 20.8. The van der Waals surface area contributed by atoms with E-state index in [0.29, 0.717) is 22.7 Å². The largest absolute Gasteiger partial charge is 0.463 e. The van der Waals surface area contributed by atoms with Gasteiger partial charge < -0.3 is 9.73 Å². The van der Waals surface area contributed by atoms with Crippen LogP contribution >= 0.6 is 11.8 Å². The van der Waals surface area contributed by atoms with Crippen LogP contribution < -0.4 is 5.32 Å². The summed E-state index contributed by atoms with van der Waals surface area (Å²) >= 11 is 2.01. The Balaban J connectivity index is 1.48.